The molecule has 0 aliphatic carbocycles. The Labute approximate surface area is 189 Å². The number of nitrogens with zero attached hydrogens (tertiary/aromatic N) is 2. The molecule has 7 nitrogen and oxygen atoms in total. The maximum atomic E-state index is 12.8. The first kappa shape index (κ1) is 20.5. The zero-order valence-electron chi connectivity index (χ0n) is 17.8. The van der Waals surface area contributed by atoms with Gasteiger partial charge in [-0.1, -0.05) is 30.3 Å². The van der Waals surface area contributed by atoms with Gasteiger partial charge >= 0.3 is 11.6 Å². The van der Waals surface area contributed by atoms with Crippen LogP contribution in [0.2, 0.25) is 0 Å². The van der Waals surface area contributed by atoms with E-state index >= 15 is 0 Å². The van der Waals surface area contributed by atoms with E-state index in [9.17, 15) is 14.7 Å². The van der Waals surface area contributed by atoms with Crippen LogP contribution in [0.15, 0.2) is 93.2 Å². The van der Waals surface area contributed by atoms with Crippen LogP contribution >= 0.6 is 0 Å². The van der Waals surface area contributed by atoms with Crippen LogP contribution in [0.3, 0.4) is 0 Å². The molecule has 0 amide bonds. The lowest BCUT2D eigenvalue weighted by molar-refractivity contribution is 0.0697. The summed E-state index contributed by atoms with van der Waals surface area (Å²) in [7, 11) is 1.58. The number of hydrazone groups is 1. The SMILES string of the molecule is COc1ccc2oc(=O)c(C3=NN(c4ccccc4)C(c4ccc(C(=O)O)cc4)C3)cc2c1. The third-order valence-corrected chi connectivity index (χ3v) is 5.72. The highest BCUT2D eigenvalue weighted by Crippen LogP contribution is 2.36. The Kier molecular flexibility index (Phi) is 5.14. The number of carboxylic acids is 1. The molecular formula is C26H20N2O5. The van der Waals surface area contributed by atoms with Gasteiger partial charge in [0.1, 0.15) is 11.3 Å². The molecule has 4 aromatic rings. The van der Waals surface area contributed by atoms with Crippen molar-refractivity contribution in [2.24, 2.45) is 5.10 Å². The number of hydrogen-bond acceptors (Lipinski definition) is 6. The minimum absolute atomic E-state index is 0.203. The molecule has 0 saturated heterocycles. The first-order chi connectivity index (χ1) is 16.0. The minimum Gasteiger partial charge on any atom is -0.497 e. The van der Waals surface area contributed by atoms with Crippen LogP contribution in [0.5, 0.6) is 5.75 Å². The van der Waals surface area contributed by atoms with Crippen molar-refractivity contribution in [2.45, 2.75) is 12.5 Å². The Morgan fingerprint density at radius 1 is 1.06 bits per heavy atom. The van der Waals surface area contributed by atoms with Crippen molar-refractivity contribution < 1.29 is 19.1 Å². The number of ether oxygens (including phenoxy) is 1. The average molecular weight is 440 g/mol. The van der Waals surface area contributed by atoms with Crippen molar-refractivity contribution in [3.05, 3.63) is 106 Å². The summed E-state index contributed by atoms with van der Waals surface area (Å²) in [5.74, 6) is -0.313. The Hall–Kier alpha value is -4.39. The summed E-state index contributed by atoms with van der Waals surface area (Å²) in [6.45, 7) is 0. The molecule has 1 atom stereocenters. The zero-order chi connectivity index (χ0) is 22.9. The summed E-state index contributed by atoms with van der Waals surface area (Å²) >= 11 is 0. The van der Waals surface area contributed by atoms with Crippen molar-refractivity contribution in [1.29, 1.82) is 0 Å². The van der Waals surface area contributed by atoms with Crippen LogP contribution < -0.4 is 15.4 Å². The standard InChI is InChI=1S/C26H20N2O5/c1-32-20-11-12-24-18(13-20)14-21(26(31)33-24)22-15-23(16-7-9-17(10-8-16)25(29)30)28(27-22)19-5-3-2-4-6-19/h2-14,23H,15H2,1H3,(H,29,30). The van der Waals surface area contributed by atoms with Gasteiger partial charge in [-0.3, -0.25) is 5.01 Å². The second-order valence-electron chi connectivity index (χ2n) is 7.73. The topological polar surface area (TPSA) is 92.3 Å². The highest BCUT2D eigenvalue weighted by Gasteiger charge is 2.31. The molecule has 7 heteroatoms. The number of aromatic carboxylic acids is 1. The Bertz CT molecular complexity index is 1430. The molecule has 0 bridgehead atoms. The predicted octanol–water partition coefficient (Wildman–Crippen LogP) is 4.86. The molecule has 0 fully saturated rings. The van der Waals surface area contributed by atoms with Crippen molar-refractivity contribution in [3.8, 4) is 5.75 Å². The van der Waals surface area contributed by atoms with E-state index in [1.807, 2.05) is 41.4 Å². The number of hydrogen-bond donors (Lipinski definition) is 1. The molecule has 2 heterocycles. The number of carboxylic acid groups (broad SMARTS) is 1. The molecule has 33 heavy (non-hydrogen) atoms. The highest BCUT2D eigenvalue weighted by molar-refractivity contribution is 6.04. The van der Waals surface area contributed by atoms with E-state index in [1.54, 1.807) is 49.6 Å². The fraction of sp³-hybridized carbons (Fsp3) is 0.115. The molecule has 1 aliphatic heterocycles. The lowest BCUT2D eigenvalue weighted by atomic mass is 9.97. The number of carbonyl (C=O) groups is 1. The van der Waals surface area contributed by atoms with E-state index in [1.165, 1.54) is 0 Å². The van der Waals surface area contributed by atoms with E-state index < -0.39 is 11.6 Å². The van der Waals surface area contributed by atoms with E-state index in [2.05, 4.69) is 0 Å². The monoisotopic (exact) mass is 440 g/mol. The van der Waals surface area contributed by atoms with Crippen molar-refractivity contribution in [1.82, 2.24) is 0 Å². The van der Waals surface area contributed by atoms with Crippen LogP contribution in [0.4, 0.5) is 5.69 Å². The van der Waals surface area contributed by atoms with Gasteiger partial charge in [0.05, 0.1) is 35.7 Å². The van der Waals surface area contributed by atoms with Gasteiger partial charge in [0, 0.05) is 11.8 Å². The number of fused-ring (bicyclic) bond motifs is 1. The van der Waals surface area contributed by atoms with Crippen LogP contribution in [-0.2, 0) is 0 Å². The molecule has 1 unspecified atom stereocenters. The van der Waals surface area contributed by atoms with Gasteiger partial charge in [0.15, 0.2) is 0 Å². The van der Waals surface area contributed by atoms with Crippen molar-refractivity contribution in [3.63, 3.8) is 0 Å². The van der Waals surface area contributed by atoms with Crippen LogP contribution in [0.25, 0.3) is 11.0 Å². The van der Waals surface area contributed by atoms with E-state index in [0.717, 1.165) is 16.6 Å². The van der Waals surface area contributed by atoms with Crippen molar-refractivity contribution in [2.75, 3.05) is 12.1 Å². The summed E-state index contributed by atoms with van der Waals surface area (Å²) < 4.78 is 10.8. The second kappa shape index (κ2) is 8.27. The third kappa shape index (κ3) is 3.85. The van der Waals surface area contributed by atoms with Crippen LogP contribution in [-0.4, -0.2) is 23.9 Å². The first-order valence-corrected chi connectivity index (χ1v) is 10.4. The first-order valence-electron chi connectivity index (χ1n) is 10.4. The summed E-state index contributed by atoms with van der Waals surface area (Å²) in [5.41, 5.74) is 2.99. The number of methoxy groups -OCH3 is 1. The molecular weight excluding hydrogens is 420 g/mol. The quantitative estimate of drug-likeness (QED) is 0.446. The summed E-state index contributed by atoms with van der Waals surface area (Å²) in [4.78, 5) is 24.1. The van der Waals surface area contributed by atoms with Gasteiger partial charge < -0.3 is 14.3 Å². The highest BCUT2D eigenvalue weighted by atomic mass is 16.5. The maximum absolute atomic E-state index is 12.8. The number of para-hydroxylation sites is 1. The molecule has 5 rings (SSSR count). The van der Waals surface area contributed by atoms with Gasteiger partial charge in [0.25, 0.3) is 0 Å². The van der Waals surface area contributed by atoms with E-state index in [0.29, 0.717) is 29.0 Å². The zero-order valence-corrected chi connectivity index (χ0v) is 17.8. The molecule has 1 aromatic heterocycles. The Balaban J connectivity index is 1.59. The molecule has 0 radical (unpaired) electrons. The lowest BCUT2D eigenvalue weighted by Gasteiger charge is -2.24. The maximum Gasteiger partial charge on any atom is 0.345 e. The minimum atomic E-state index is -0.978. The van der Waals surface area contributed by atoms with Gasteiger partial charge in [-0.25, -0.2) is 9.59 Å². The molecule has 1 aliphatic rings. The Morgan fingerprint density at radius 2 is 1.82 bits per heavy atom. The van der Waals surface area contributed by atoms with Gasteiger partial charge in [-0.15, -0.1) is 0 Å². The second-order valence-corrected chi connectivity index (χ2v) is 7.73. The van der Waals surface area contributed by atoms with E-state index in [4.69, 9.17) is 14.3 Å². The van der Waals surface area contributed by atoms with Crippen molar-refractivity contribution >= 4 is 28.3 Å². The smallest absolute Gasteiger partial charge is 0.345 e. The number of anilines is 1. The molecule has 1 N–H and O–H groups in total. The average Bonchev–Trinajstić information content (AvgIpc) is 3.29. The lowest BCUT2D eigenvalue weighted by Crippen LogP contribution is -2.18. The van der Waals surface area contributed by atoms with Crippen LogP contribution in [0.1, 0.15) is 33.9 Å². The molecule has 0 spiro atoms. The normalized spacial score (nSPS) is 15.5. The summed E-state index contributed by atoms with van der Waals surface area (Å²) in [6.07, 6.45) is 0.460. The predicted molar refractivity (Wildman–Crippen MR) is 125 cm³/mol. The summed E-state index contributed by atoms with van der Waals surface area (Å²) in [6, 6.07) is 23.2. The van der Waals surface area contributed by atoms with Gasteiger partial charge in [0.2, 0.25) is 0 Å². The summed E-state index contributed by atoms with van der Waals surface area (Å²) in [5, 5.41) is 16.6. The van der Waals surface area contributed by atoms with Gasteiger partial charge in [-0.05, 0) is 54.1 Å². The largest absolute Gasteiger partial charge is 0.497 e. The van der Waals surface area contributed by atoms with E-state index in [-0.39, 0.29) is 11.6 Å². The Morgan fingerprint density at radius 3 is 2.52 bits per heavy atom. The van der Waals surface area contributed by atoms with Gasteiger partial charge in [-0.2, -0.15) is 5.10 Å². The fourth-order valence-electron chi connectivity index (χ4n) is 4.03. The molecule has 164 valence electrons. The number of benzene rings is 3. The third-order valence-electron chi connectivity index (χ3n) is 5.72. The molecule has 3 aromatic carbocycles. The number of rotatable bonds is 5. The van der Waals surface area contributed by atoms with Crippen LogP contribution in [0, 0.1) is 0 Å². The molecule has 0 saturated carbocycles. The fourth-order valence-corrected chi connectivity index (χ4v) is 4.03.